The fourth-order valence-corrected chi connectivity index (χ4v) is 1.95. The molecule has 0 radical (unpaired) electrons. The first-order valence-electron chi connectivity index (χ1n) is 6.94. The number of carbonyl (C=O) groups is 1. The van der Waals surface area contributed by atoms with Crippen LogP contribution in [0.15, 0.2) is 17.9 Å². The van der Waals surface area contributed by atoms with Crippen molar-refractivity contribution in [2.24, 2.45) is 0 Å². The van der Waals surface area contributed by atoms with Gasteiger partial charge in [0.05, 0.1) is 6.61 Å². The van der Waals surface area contributed by atoms with Gasteiger partial charge in [-0.1, -0.05) is 32.1 Å². The summed E-state index contributed by atoms with van der Waals surface area (Å²) in [7, 11) is 0. The molecule has 0 atom stereocenters. The summed E-state index contributed by atoms with van der Waals surface area (Å²) in [5.41, 5.74) is 3.14. The zero-order valence-electron chi connectivity index (χ0n) is 10.7. The highest BCUT2D eigenvalue weighted by atomic mass is 16.5. The highest BCUT2D eigenvalue weighted by molar-refractivity contribution is 5.69. The molecule has 0 unspecified atom stereocenters. The van der Waals surface area contributed by atoms with Crippen molar-refractivity contribution in [1.29, 1.82) is 0 Å². The molecule has 0 fully saturated rings. The van der Waals surface area contributed by atoms with Gasteiger partial charge in [0.15, 0.2) is 0 Å². The van der Waals surface area contributed by atoms with Crippen LogP contribution in [0.4, 0.5) is 0 Å². The van der Waals surface area contributed by atoms with Crippen LogP contribution in [0.3, 0.4) is 0 Å². The minimum atomic E-state index is -0.0468. The van der Waals surface area contributed by atoms with Crippen LogP contribution in [-0.4, -0.2) is 12.6 Å². The van der Waals surface area contributed by atoms with Crippen molar-refractivity contribution in [3.63, 3.8) is 0 Å². The van der Waals surface area contributed by atoms with Crippen molar-refractivity contribution >= 4 is 5.97 Å². The van der Waals surface area contributed by atoms with Crippen LogP contribution in [0.1, 0.15) is 64.2 Å². The molecule has 1 heterocycles. The van der Waals surface area contributed by atoms with Crippen LogP contribution < -0.4 is 0 Å². The molecule has 1 rings (SSSR count). The third kappa shape index (κ3) is 8.76. The number of esters is 1. The molecule has 1 aliphatic rings. The molecular formula is C15H24O2. The second kappa shape index (κ2) is 10.2. The van der Waals surface area contributed by atoms with E-state index in [1.807, 2.05) is 6.08 Å². The summed E-state index contributed by atoms with van der Waals surface area (Å²) in [5.74, 6) is -0.0468. The highest BCUT2D eigenvalue weighted by Crippen LogP contribution is 2.10. The maximum Gasteiger partial charge on any atom is 0.305 e. The summed E-state index contributed by atoms with van der Waals surface area (Å²) in [6.45, 7) is 0.500. The molecule has 96 valence electrons. The minimum absolute atomic E-state index is 0.0468. The van der Waals surface area contributed by atoms with Crippen molar-refractivity contribution in [1.82, 2.24) is 0 Å². The summed E-state index contributed by atoms with van der Waals surface area (Å²) < 4.78 is 5.12. The third-order valence-electron chi connectivity index (χ3n) is 2.99. The van der Waals surface area contributed by atoms with E-state index in [1.165, 1.54) is 32.1 Å². The molecule has 0 aliphatic carbocycles. The van der Waals surface area contributed by atoms with E-state index in [0.717, 1.165) is 25.7 Å². The van der Waals surface area contributed by atoms with Crippen molar-refractivity contribution in [3.05, 3.63) is 17.9 Å². The molecule has 2 heteroatoms. The summed E-state index contributed by atoms with van der Waals surface area (Å²) in [6, 6.07) is 0. The lowest BCUT2D eigenvalue weighted by Gasteiger charge is -2.03. The molecule has 0 aromatic heterocycles. The van der Waals surface area contributed by atoms with E-state index in [2.05, 4.69) is 11.8 Å². The quantitative estimate of drug-likeness (QED) is 0.466. The Labute approximate surface area is 105 Å². The summed E-state index contributed by atoms with van der Waals surface area (Å²) in [4.78, 5) is 11.3. The Hall–Kier alpha value is -1.01. The van der Waals surface area contributed by atoms with Gasteiger partial charge in [0.25, 0.3) is 0 Å². The number of carbonyl (C=O) groups excluding carboxylic acids is 1. The summed E-state index contributed by atoms with van der Waals surface area (Å²) >= 11 is 0. The number of ether oxygens (including phenoxy) is 1. The average Bonchev–Trinajstić information content (AvgIpc) is 2.32. The Morgan fingerprint density at radius 3 is 2.35 bits per heavy atom. The van der Waals surface area contributed by atoms with Gasteiger partial charge in [-0.2, -0.15) is 0 Å². The molecule has 0 bridgehead atoms. The van der Waals surface area contributed by atoms with Gasteiger partial charge in [-0.05, 0) is 31.4 Å². The maximum atomic E-state index is 11.3. The van der Waals surface area contributed by atoms with Gasteiger partial charge in [0, 0.05) is 12.8 Å². The molecule has 0 aromatic rings. The van der Waals surface area contributed by atoms with Gasteiger partial charge in [0.2, 0.25) is 0 Å². The van der Waals surface area contributed by atoms with Crippen LogP contribution in [0, 0.1) is 0 Å². The SMILES string of the molecule is O=C1CCCCCCCCCC=C=CCCO1. The molecule has 0 saturated heterocycles. The molecule has 0 N–H and O–H groups in total. The normalized spacial score (nSPS) is 21.1. The largest absolute Gasteiger partial charge is 0.465 e. The van der Waals surface area contributed by atoms with Crippen LogP contribution in [0.5, 0.6) is 0 Å². The van der Waals surface area contributed by atoms with Gasteiger partial charge >= 0.3 is 5.97 Å². The number of hydrogen-bond donors (Lipinski definition) is 0. The third-order valence-corrected chi connectivity index (χ3v) is 2.99. The monoisotopic (exact) mass is 236 g/mol. The van der Waals surface area contributed by atoms with Crippen molar-refractivity contribution in [2.75, 3.05) is 6.61 Å². The Balaban J connectivity index is 2.27. The minimum Gasteiger partial charge on any atom is -0.465 e. The Morgan fingerprint density at radius 2 is 1.53 bits per heavy atom. The standard InChI is InChI=1S/C15H24O2/c16-15-13-11-9-7-5-3-1-2-4-6-8-10-12-14-17-15/h6,10H,1-5,7,9,11-14H2. The predicted octanol–water partition coefficient (Wildman–Crippen LogP) is 4.16. The zero-order valence-corrected chi connectivity index (χ0v) is 10.7. The van der Waals surface area contributed by atoms with Crippen molar-refractivity contribution in [3.8, 4) is 0 Å². The predicted molar refractivity (Wildman–Crippen MR) is 69.8 cm³/mol. The Kier molecular flexibility index (Phi) is 8.40. The Morgan fingerprint density at radius 1 is 0.882 bits per heavy atom. The fourth-order valence-electron chi connectivity index (χ4n) is 1.95. The fraction of sp³-hybridized carbons (Fsp3) is 0.733. The second-order valence-corrected chi connectivity index (χ2v) is 4.60. The lowest BCUT2D eigenvalue weighted by molar-refractivity contribution is -0.143. The van der Waals surface area contributed by atoms with Crippen molar-refractivity contribution in [2.45, 2.75) is 64.2 Å². The van der Waals surface area contributed by atoms with Gasteiger partial charge in [-0.25, -0.2) is 0 Å². The number of rotatable bonds is 0. The smallest absolute Gasteiger partial charge is 0.305 e. The van der Waals surface area contributed by atoms with Gasteiger partial charge in [-0.3, -0.25) is 4.79 Å². The van der Waals surface area contributed by atoms with Gasteiger partial charge in [-0.15, -0.1) is 5.73 Å². The average molecular weight is 236 g/mol. The van der Waals surface area contributed by atoms with Crippen LogP contribution in [0.25, 0.3) is 0 Å². The second-order valence-electron chi connectivity index (χ2n) is 4.60. The molecule has 0 saturated carbocycles. The van der Waals surface area contributed by atoms with Gasteiger partial charge in [0.1, 0.15) is 0 Å². The van der Waals surface area contributed by atoms with Gasteiger partial charge < -0.3 is 4.74 Å². The molecule has 1 aliphatic heterocycles. The van der Waals surface area contributed by atoms with E-state index < -0.39 is 0 Å². The first-order chi connectivity index (χ1) is 8.39. The van der Waals surface area contributed by atoms with E-state index in [-0.39, 0.29) is 5.97 Å². The van der Waals surface area contributed by atoms with E-state index in [4.69, 9.17) is 4.74 Å². The molecule has 0 spiro atoms. The molecule has 0 amide bonds. The lowest BCUT2D eigenvalue weighted by atomic mass is 10.1. The van der Waals surface area contributed by atoms with Crippen LogP contribution >= 0.6 is 0 Å². The van der Waals surface area contributed by atoms with Crippen LogP contribution in [-0.2, 0) is 9.53 Å². The number of cyclic esters (lactones) is 1. The topological polar surface area (TPSA) is 26.3 Å². The molecule has 0 aromatic carbocycles. The lowest BCUT2D eigenvalue weighted by Crippen LogP contribution is -2.04. The molecular weight excluding hydrogens is 212 g/mol. The summed E-state index contributed by atoms with van der Waals surface area (Å²) in [5, 5.41) is 0. The first-order valence-corrected chi connectivity index (χ1v) is 6.94. The first kappa shape index (κ1) is 14.1. The highest BCUT2D eigenvalue weighted by Gasteiger charge is 2.01. The maximum absolute atomic E-state index is 11.3. The van der Waals surface area contributed by atoms with Crippen molar-refractivity contribution < 1.29 is 9.53 Å². The molecule has 17 heavy (non-hydrogen) atoms. The van der Waals surface area contributed by atoms with E-state index in [0.29, 0.717) is 13.0 Å². The van der Waals surface area contributed by atoms with E-state index in [1.54, 1.807) is 0 Å². The van der Waals surface area contributed by atoms with Crippen LogP contribution in [0.2, 0.25) is 0 Å². The van der Waals surface area contributed by atoms with E-state index in [9.17, 15) is 4.79 Å². The zero-order chi connectivity index (χ0) is 12.2. The number of hydrogen-bond acceptors (Lipinski definition) is 2. The van der Waals surface area contributed by atoms with E-state index >= 15 is 0 Å². The Bertz CT molecular complexity index is 258. The summed E-state index contributed by atoms with van der Waals surface area (Å²) in [6.07, 6.45) is 15.1. The molecule has 2 nitrogen and oxygen atoms in total.